The molecule has 0 unspecified atom stereocenters. The zero-order valence-electron chi connectivity index (χ0n) is 7.53. The summed E-state index contributed by atoms with van der Waals surface area (Å²) in [5.74, 6) is -9.22. The van der Waals surface area contributed by atoms with Crippen molar-refractivity contribution in [2.24, 2.45) is 5.11 Å². The van der Waals surface area contributed by atoms with Gasteiger partial charge in [0.05, 0.1) is 0 Å². The molecule has 0 aromatic heterocycles. The van der Waals surface area contributed by atoms with Gasteiger partial charge < -0.3 is 0 Å². The molecule has 0 spiro atoms. The van der Waals surface area contributed by atoms with Crippen LogP contribution in [0.15, 0.2) is 10.0 Å². The zero-order chi connectivity index (χ0) is 13.4. The number of benzene rings is 1. The number of rotatable bonds is 2. The second-order valence-corrected chi connectivity index (χ2v) is 3.96. The molecule has 0 aliphatic rings. The summed E-state index contributed by atoms with van der Waals surface area (Å²) in [6.45, 7) is 0. The van der Waals surface area contributed by atoms with Crippen molar-refractivity contribution >= 4 is 45.4 Å². The van der Waals surface area contributed by atoms with Gasteiger partial charge in [0, 0.05) is 4.91 Å². The van der Waals surface area contributed by atoms with E-state index in [9.17, 15) is 26.0 Å². The fourth-order valence-corrected chi connectivity index (χ4v) is 1.59. The van der Waals surface area contributed by atoms with Gasteiger partial charge in [-0.15, -0.1) is 0 Å². The molecular weight excluding hydrogens is 293 g/mol. The van der Waals surface area contributed by atoms with E-state index in [4.69, 9.17) is 10.1 Å². The van der Waals surface area contributed by atoms with Crippen LogP contribution in [-0.2, 0) is 10.1 Å². The third kappa shape index (κ3) is 2.94. The predicted molar refractivity (Wildman–Crippen MR) is 52.0 cm³/mol. The SMILES string of the molecule is [N-]=[N+]=Nc1c(F)c(F)c(S(=O)(=O)O)c(F)c1F.[NaH]. The quantitative estimate of drug-likeness (QED) is 0.171. The molecule has 18 heavy (non-hydrogen) atoms. The molecule has 0 radical (unpaired) electrons. The van der Waals surface area contributed by atoms with Gasteiger partial charge in [-0.3, -0.25) is 4.55 Å². The van der Waals surface area contributed by atoms with E-state index >= 15 is 0 Å². The van der Waals surface area contributed by atoms with E-state index in [1.54, 1.807) is 0 Å². The van der Waals surface area contributed by atoms with E-state index in [0.717, 1.165) is 0 Å². The van der Waals surface area contributed by atoms with Gasteiger partial charge in [0.1, 0.15) is 5.69 Å². The van der Waals surface area contributed by atoms with Gasteiger partial charge in [0.25, 0.3) is 0 Å². The molecule has 0 aliphatic heterocycles. The van der Waals surface area contributed by atoms with Crippen molar-refractivity contribution in [3.8, 4) is 0 Å². The predicted octanol–water partition coefficient (Wildman–Crippen LogP) is 1.78. The molecule has 0 atom stereocenters. The molecule has 1 N–H and O–H groups in total. The first-order chi connectivity index (χ1) is 7.71. The summed E-state index contributed by atoms with van der Waals surface area (Å²) < 4.78 is 81.4. The average molecular weight is 295 g/mol. The molecule has 0 fully saturated rings. The van der Waals surface area contributed by atoms with Crippen molar-refractivity contribution in [2.75, 3.05) is 0 Å². The summed E-state index contributed by atoms with van der Waals surface area (Å²) in [5.41, 5.74) is 6.22. The Balaban J connectivity index is 0.00000289. The third-order valence-electron chi connectivity index (χ3n) is 1.60. The summed E-state index contributed by atoms with van der Waals surface area (Å²) >= 11 is 0. The first-order valence-electron chi connectivity index (χ1n) is 3.60. The third-order valence-corrected chi connectivity index (χ3v) is 2.48. The van der Waals surface area contributed by atoms with E-state index in [1.807, 2.05) is 4.91 Å². The van der Waals surface area contributed by atoms with Crippen LogP contribution in [0.5, 0.6) is 0 Å². The summed E-state index contributed by atoms with van der Waals surface area (Å²) in [6.07, 6.45) is 0. The molecule has 1 aromatic rings. The van der Waals surface area contributed by atoms with Crippen LogP contribution in [0.4, 0.5) is 23.2 Å². The van der Waals surface area contributed by atoms with Crippen molar-refractivity contribution in [3.63, 3.8) is 0 Å². The second-order valence-electron chi connectivity index (χ2n) is 2.60. The Kier molecular flexibility index (Phi) is 5.59. The molecule has 0 saturated heterocycles. The summed E-state index contributed by atoms with van der Waals surface area (Å²) in [4.78, 5) is -0.289. The number of azide groups is 1. The van der Waals surface area contributed by atoms with Gasteiger partial charge in [0.15, 0.2) is 28.2 Å². The van der Waals surface area contributed by atoms with Crippen LogP contribution in [0.2, 0.25) is 0 Å². The Morgan fingerprint density at radius 1 is 1.06 bits per heavy atom. The van der Waals surface area contributed by atoms with Gasteiger partial charge >= 0.3 is 39.7 Å². The fourth-order valence-electron chi connectivity index (χ4n) is 0.959. The molecule has 0 heterocycles. The Morgan fingerprint density at radius 3 is 1.72 bits per heavy atom. The van der Waals surface area contributed by atoms with Crippen molar-refractivity contribution in [3.05, 3.63) is 33.7 Å². The van der Waals surface area contributed by atoms with Gasteiger partial charge in [0.2, 0.25) is 0 Å². The first-order valence-corrected chi connectivity index (χ1v) is 5.04. The molecule has 1 aromatic carbocycles. The summed E-state index contributed by atoms with van der Waals surface area (Å²) in [6, 6.07) is 0. The maximum atomic E-state index is 13.0. The van der Waals surface area contributed by atoms with Gasteiger partial charge in [-0.2, -0.15) is 8.42 Å². The molecule has 0 saturated carbocycles. The number of halogens is 4. The van der Waals surface area contributed by atoms with E-state index in [0.29, 0.717) is 0 Å². The topological polar surface area (TPSA) is 103 Å². The molecular formula is C6H2F4N3NaO3S. The minimum absolute atomic E-state index is 0. The van der Waals surface area contributed by atoms with Gasteiger partial charge in [-0.05, 0) is 5.53 Å². The monoisotopic (exact) mass is 295 g/mol. The van der Waals surface area contributed by atoms with E-state index < -0.39 is 44.0 Å². The van der Waals surface area contributed by atoms with Crippen LogP contribution in [0.1, 0.15) is 0 Å². The zero-order valence-corrected chi connectivity index (χ0v) is 8.34. The maximum absolute atomic E-state index is 13.0. The molecule has 1 rings (SSSR count). The molecule has 12 heteroatoms. The van der Waals surface area contributed by atoms with Crippen molar-refractivity contribution < 1.29 is 30.5 Å². The Bertz CT molecular complexity index is 615. The molecule has 0 bridgehead atoms. The second kappa shape index (κ2) is 5.87. The Labute approximate surface area is 119 Å². The van der Waals surface area contributed by atoms with Crippen LogP contribution >= 0.6 is 0 Å². The molecule has 0 amide bonds. The molecule has 6 nitrogen and oxygen atoms in total. The Hall–Kier alpha value is -0.840. The van der Waals surface area contributed by atoms with Crippen molar-refractivity contribution in [1.82, 2.24) is 0 Å². The van der Waals surface area contributed by atoms with Crippen LogP contribution in [0.3, 0.4) is 0 Å². The van der Waals surface area contributed by atoms with Gasteiger partial charge in [-0.25, -0.2) is 17.6 Å². The molecule has 94 valence electrons. The Morgan fingerprint density at radius 2 is 1.44 bits per heavy atom. The van der Waals surface area contributed by atoms with Crippen LogP contribution in [-0.4, -0.2) is 42.5 Å². The average Bonchev–Trinajstić information content (AvgIpc) is 2.20. The fraction of sp³-hybridized carbons (Fsp3) is 0. The van der Waals surface area contributed by atoms with E-state index in [-0.39, 0.29) is 29.6 Å². The normalized spacial score (nSPS) is 10.5. The van der Waals surface area contributed by atoms with Crippen LogP contribution in [0, 0.1) is 23.3 Å². The number of hydrogen-bond acceptors (Lipinski definition) is 3. The minimum atomic E-state index is -5.51. The number of nitrogens with zero attached hydrogens (tertiary/aromatic N) is 3. The van der Waals surface area contributed by atoms with Crippen LogP contribution < -0.4 is 0 Å². The first kappa shape index (κ1) is 17.2. The standard InChI is InChI=1S/C6HF4N3O3S.Na.H/c7-1-3(9)6(17(14,15)16)4(10)2(8)5(1)12-13-11;;/h(H,14,15,16);;. The van der Waals surface area contributed by atoms with E-state index in [2.05, 4.69) is 5.11 Å². The molecule has 0 aliphatic carbocycles. The van der Waals surface area contributed by atoms with E-state index in [1.165, 1.54) is 0 Å². The summed E-state index contributed by atoms with van der Waals surface area (Å²) in [7, 11) is -5.51. The van der Waals surface area contributed by atoms with Crippen molar-refractivity contribution in [2.45, 2.75) is 4.90 Å². The summed E-state index contributed by atoms with van der Waals surface area (Å²) in [5, 5.41) is 2.32. The van der Waals surface area contributed by atoms with Crippen LogP contribution in [0.25, 0.3) is 10.4 Å². The van der Waals surface area contributed by atoms with Crippen molar-refractivity contribution in [1.29, 1.82) is 0 Å². The van der Waals surface area contributed by atoms with Gasteiger partial charge in [-0.1, -0.05) is 5.11 Å². The number of hydrogen-bond donors (Lipinski definition) is 1.